The van der Waals surface area contributed by atoms with E-state index in [1.165, 1.54) is 12.1 Å². The highest BCUT2D eigenvalue weighted by Crippen LogP contribution is 2.44. The fourth-order valence-corrected chi connectivity index (χ4v) is 3.62. The normalized spacial score (nSPS) is 35.0. The maximum Gasteiger partial charge on any atom is 0.263 e. The Bertz CT molecular complexity index is 446. The molecule has 0 saturated carbocycles. The minimum atomic E-state index is -2.45. The van der Waals surface area contributed by atoms with Crippen molar-refractivity contribution in [3.63, 3.8) is 0 Å². The second kappa shape index (κ2) is 4.53. The van der Waals surface area contributed by atoms with Gasteiger partial charge >= 0.3 is 0 Å². The molecular formula is C15H19F2NO. The molecule has 2 heterocycles. The van der Waals surface area contributed by atoms with E-state index < -0.39 is 12.0 Å². The van der Waals surface area contributed by atoms with Crippen LogP contribution < -0.4 is 0 Å². The lowest BCUT2D eigenvalue weighted by Gasteiger charge is -2.42. The number of rotatable bonds is 2. The Kier molecular flexibility index (Phi) is 3.10. The van der Waals surface area contributed by atoms with Crippen molar-refractivity contribution in [2.24, 2.45) is 0 Å². The van der Waals surface area contributed by atoms with Crippen molar-refractivity contribution in [1.82, 2.24) is 4.90 Å². The number of hydrogen-bond donors (Lipinski definition) is 1. The molecule has 2 atom stereocenters. The van der Waals surface area contributed by atoms with Crippen molar-refractivity contribution in [2.45, 2.75) is 49.8 Å². The second-order valence-electron chi connectivity index (χ2n) is 5.91. The molecule has 1 aromatic rings. The Morgan fingerprint density at radius 3 is 2.16 bits per heavy atom. The van der Waals surface area contributed by atoms with E-state index in [4.69, 9.17) is 0 Å². The standard InChI is InChI=1S/C15H19F2NO/c1-18-12-6-7-13(18)9-15(19,8-12)11-4-2-10(3-5-11)14(16)17/h2-5,12-14,19H,6-9H2,1H3. The van der Waals surface area contributed by atoms with Crippen LogP contribution in [0.5, 0.6) is 0 Å². The van der Waals surface area contributed by atoms with E-state index in [0.29, 0.717) is 24.9 Å². The zero-order chi connectivity index (χ0) is 13.6. The van der Waals surface area contributed by atoms with E-state index >= 15 is 0 Å². The third-order valence-corrected chi connectivity index (χ3v) is 4.83. The van der Waals surface area contributed by atoms with Crippen molar-refractivity contribution < 1.29 is 13.9 Å². The predicted octanol–water partition coefficient (Wildman–Crippen LogP) is 3.07. The molecule has 0 spiro atoms. The van der Waals surface area contributed by atoms with Crippen LogP contribution in [0.15, 0.2) is 24.3 Å². The molecule has 2 aliphatic heterocycles. The first-order chi connectivity index (χ1) is 8.99. The van der Waals surface area contributed by atoms with Crippen molar-refractivity contribution in [1.29, 1.82) is 0 Å². The smallest absolute Gasteiger partial charge is 0.263 e. The van der Waals surface area contributed by atoms with Gasteiger partial charge in [0.05, 0.1) is 5.60 Å². The number of alkyl halides is 2. The van der Waals surface area contributed by atoms with Crippen LogP contribution in [0.1, 0.15) is 43.2 Å². The Morgan fingerprint density at radius 2 is 1.68 bits per heavy atom. The van der Waals surface area contributed by atoms with Gasteiger partial charge in [0.15, 0.2) is 0 Å². The van der Waals surface area contributed by atoms with E-state index in [1.807, 2.05) is 0 Å². The summed E-state index contributed by atoms with van der Waals surface area (Å²) < 4.78 is 25.1. The third kappa shape index (κ3) is 2.17. The van der Waals surface area contributed by atoms with Crippen LogP contribution in [0.4, 0.5) is 8.78 Å². The molecule has 2 nitrogen and oxygen atoms in total. The van der Waals surface area contributed by atoms with Gasteiger partial charge in [0.2, 0.25) is 0 Å². The number of benzene rings is 1. The molecule has 2 saturated heterocycles. The third-order valence-electron chi connectivity index (χ3n) is 4.83. The molecule has 0 amide bonds. The number of piperidine rings is 1. The van der Waals surface area contributed by atoms with Gasteiger partial charge in [-0.3, -0.25) is 0 Å². The number of aliphatic hydroxyl groups is 1. The predicted molar refractivity (Wildman–Crippen MR) is 69.1 cm³/mol. The van der Waals surface area contributed by atoms with E-state index in [0.717, 1.165) is 18.4 Å². The van der Waals surface area contributed by atoms with E-state index in [2.05, 4.69) is 11.9 Å². The van der Waals surface area contributed by atoms with Crippen LogP contribution in [0.25, 0.3) is 0 Å². The number of hydrogen-bond acceptors (Lipinski definition) is 2. The topological polar surface area (TPSA) is 23.5 Å². The molecule has 1 aromatic carbocycles. The lowest BCUT2D eigenvalue weighted by molar-refractivity contribution is -0.0493. The molecule has 3 rings (SSSR count). The molecule has 2 aliphatic rings. The van der Waals surface area contributed by atoms with Crippen molar-refractivity contribution in [3.05, 3.63) is 35.4 Å². The first kappa shape index (κ1) is 13.0. The summed E-state index contributed by atoms with van der Waals surface area (Å²) in [5.74, 6) is 0. The Labute approximate surface area is 112 Å². The molecule has 1 N–H and O–H groups in total. The lowest BCUT2D eigenvalue weighted by atomic mass is 9.80. The van der Waals surface area contributed by atoms with Crippen LogP contribution >= 0.6 is 0 Å². The zero-order valence-corrected chi connectivity index (χ0v) is 11.0. The Morgan fingerprint density at radius 1 is 1.16 bits per heavy atom. The molecule has 0 radical (unpaired) electrons. The maximum absolute atomic E-state index is 12.6. The van der Waals surface area contributed by atoms with Crippen LogP contribution in [0, 0.1) is 0 Å². The highest BCUT2D eigenvalue weighted by Gasteiger charge is 2.46. The van der Waals surface area contributed by atoms with Gasteiger partial charge in [-0.25, -0.2) is 8.78 Å². The van der Waals surface area contributed by atoms with Gasteiger partial charge in [0.25, 0.3) is 6.43 Å². The first-order valence-electron chi connectivity index (χ1n) is 6.82. The van der Waals surface area contributed by atoms with E-state index in [-0.39, 0.29) is 5.56 Å². The SMILES string of the molecule is CN1C2CCC1CC(O)(c1ccc(C(F)F)cc1)C2. The Hall–Kier alpha value is -1.00. The van der Waals surface area contributed by atoms with Crippen molar-refractivity contribution >= 4 is 0 Å². The monoisotopic (exact) mass is 267 g/mol. The van der Waals surface area contributed by atoms with Crippen LogP contribution in [-0.2, 0) is 5.60 Å². The first-order valence-corrected chi connectivity index (χ1v) is 6.82. The molecule has 19 heavy (non-hydrogen) atoms. The molecule has 0 aromatic heterocycles. The summed E-state index contributed by atoms with van der Waals surface area (Å²) in [6.07, 6.45) is 1.21. The van der Waals surface area contributed by atoms with E-state index in [9.17, 15) is 13.9 Å². The molecule has 0 aliphatic carbocycles. The van der Waals surface area contributed by atoms with E-state index in [1.54, 1.807) is 12.1 Å². The quantitative estimate of drug-likeness (QED) is 0.890. The molecule has 4 heteroatoms. The number of nitrogens with zero attached hydrogens (tertiary/aromatic N) is 1. The second-order valence-corrected chi connectivity index (χ2v) is 5.91. The highest BCUT2D eigenvalue weighted by molar-refractivity contribution is 5.29. The van der Waals surface area contributed by atoms with Gasteiger partial charge in [-0.15, -0.1) is 0 Å². The summed E-state index contributed by atoms with van der Waals surface area (Å²) in [7, 11) is 2.11. The highest BCUT2D eigenvalue weighted by atomic mass is 19.3. The van der Waals surface area contributed by atoms with Gasteiger partial charge in [0, 0.05) is 17.6 Å². The van der Waals surface area contributed by atoms with Crippen LogP contribution in [0.2, 0.25) is 0 Å². The average molecular weight is 267 g/mol. The molecule has 2 fully saturated rings. The molecule has 2 bridgehead atoms. The lowest BCUT2D eigenvalue weighted by Crippen LogP contribution is -2.47. The maximum atomic E-state index is 12.6. The minimum absolute atomic E-state index is 0.0169. The molecule has 104 valence electrons. The largest absolute Gasteiger partial charge is 0.385 e. The summed E-state index contributed by atoms with van der Waals surface area (Å²) >= 11 is 0. The van der Waals surface area contributed by atoms with Crippen LogP contribution in [-0.4, -0.2) is 29.1 Å². The van der Waals surface area contributed by atoms with Gasteiger partial charge in [0.1, 0.15) is 0 Å². The summed E-state index contributed by atoms with van der Waals surface area (Å²) in [6.45, 7) is 0. The molecule has 2 unspecified atom stereocenters. The number of fused-ring (bicyclic) bond motifs is 2. The van der Waals surface area contributed by atoms with Crippen molar-refractivity contribution in [3.8, 4) is 0 Å². The summed E-state index contributed by atoms with van der Waals surface area (Å²) in [6, 6.07) is 7.01. The van der Waals surface area contributed by atoms with Gasteiger partial charge < -0.3 is 10.0 Å². The fraction of sp³-hybridized carbons (Fsp3) is 0.600. The minimum Gasteiger partial charge on any atom is -0.385 e. The number of halogens is 2. The average Bonchev–Trinajstić information content (AvgIpc) is 2.63. The van der Waals surface area contributed by atoms with Gasteiger partial charge in [-0.1, -0.05) is 24.3 Å². The summed E-state index contributed by atoms with van der Waals surface area (Å²) in [5, 5.41) is 10.9. The zero-order valence-electron chi connectivity index (χ0n) is 11.0. The fourth-order valence-electron chi connectivity index (χ4n) is 3.62. The van der Waals surface area contributed by atoms with Crippen molar-refractivity contribution in [2.75, 3.05) is 7.05 Å². The summed E-state index contributed by atoms with van der Waals surface area (Å²) in [5.41, 5.74) is -0.0518. The molecular weight excluding hydrogens is 248 g/mol. The van der Waals surface area contributed by atoms with Gasteiger partial charge in [-0.05, 0) is 38.3 Å². The van der Waals surface area contributed by atoms with Gasteiger partial charge in [-0.2, -0.15) is 0 Å². The summed E-state index contributed by atoms with van der Waals surface area (Å²) in [4.78, 5) is 2.35. The Balaban J connectivity index is 1.85. The van der Waals surface area contributed by atoms with Crippen LogP contribution in [0.3, 0.4) is 0 Å².